The van der Waals surface area contributed by atoms with Crippen LogP contribution in [0.1, 0.15) is 37.4 Å². The number of hydrogen-bond acceptors (Lipinski definition) is 8. The third kappa shape index (κ3) is 2.26. The molecule has 0 heterocycles. The van der Waals surface area contributed by atoms with Crippen molar-refractivity contribution in [2.45, 2.75) is 6.42 Å². The summed E-state index contributed by atoms with van der Waals surface area (Å²) in [5.74, 6) is -5.35. The van der Waals surface area contributed by atoms with Gasteiger partial charge in [0, 0.05) is 30.2 Å². The van der Waals surface area contributed by atoms with E-state index in [9.17, 15) is 35.1 Å². The van der Waals surface area contributed by atoms with Crippen LogP contribution in [0.15, 0.2) is 12.1 Å². The van der Waals surface area contributed by atoms with Gasteiger partial charge in [0.15, 0.2) is 17.3 Å². The van der Waals surface area contributed by atoms with Crippen LogP contribution < -0.4 is 0 Å². The Morgan fingerprint density at radius 3 is 1.96 bits per heavy atom. The monoisotopic (exact) mass is 346 g/mol. The zero-order valence-electron chi connectivity index (χ0n) is 13.0. The van der Waals surface area contributed by atoms with E-state index >= 15 is 0 Å². The summed E-state index contributed by atoms with van der Waals surface area (Å²) in [5, 5.41) is 49.6. The Labute approximate surface area is 141 Å². The summed E-state index contributed by atoms with van der Waals surface area (Å²) in [6.45, 7) is 0.151. The molecule has 0 atom stereocenters. The second kappa shape index (κ2) is 5.67. The normalized spacial score (nSPS) is 12.8. The molecule has 0 saturated heterocycles. The summed E-state index contributed by atoms with van der Waals surface area (Å²) in [6.07, 6.45) is 0.0859. The average Bonchev–Trinajstić information content (AvgIpc) is 2.56. The van der Waals surface area contributed by atoms with E-state index in [0.717, 1.165) is 12.1 Å². The van der Waals surface area contributed by atoms with Gasteiger partial charge in [-0.05, 0) is 12.1 Å². The second-order valence-electron chi connectivity index (χ2n) is 5.56. The molecule has 0 spiro atoms. The predicted molar refractivity (Wildman–Crippen MR) is 83.7 cm³/mol. The molecule has 1 aliphatic rings. The Morgan fingerprint density at radius 2 is 1.36 bits per heavy atom. The molecule has 5 N–H and O–H groups in total. The summed E-state index contributed by atoms with van der Waals surface area (Å²) in [4.78, 5) is 25.3. The van der Waals surface area contributed by atoms with E-state index in [0.29, 0.717) is 0 Å². The molecule has 0 radical (unpaired) electrons. The third-order valence-electron chi connectivity index (χ3n) is 4.14. The van der Waals surface area contributed by atoms with Gasteiger partial charge < -0.3 is 30.3 Å². The average molecular weight is 346 g/mol. The topological polar surface area (TPSA) is 145 Å². The zero-order chi connectivity index (χ0) is 18.5. The van der Waals surface area contributed by atoms with Gasteiger partial charge in [0.05, 0.1) is 17.7 Å². The van der Waals surface area contributed by atoms with E-state index in [1.54, 1.807) is 0 Å². The smallest absolute Gasteiger partial charge is 0.202 e. The van der Waals surface area contributed by atoms with E-state index in [1.165, 1.54) is 7.11 Å². The Hall–Kier alpha value is -3.26. The van der Waals surface area contributed by atoms with Crippen molar-refractivity contribution in [3.05, 3.63) is 39.9 Å². The number of phenols is 5. The van der Waals surface area contributed by atoms with Crippen molar-refractivity contribution in [1.82, 2.24) is 0 Å². The van der Waals surface area contributed by atoms with Gasteiger partial charge in [-0.1, -0.05) is 0 Å². The second-order valence-corrected chi connectivity index (χ2v) is 5.56. The molecule has 3 rings (SSSR count). The van der Waals surface area contributed by atoms with Gasteiger partial charge in [0.2, 0.25) is 11.5 Å². The Bertz CT molecular complexity index is 929. The minimum Gasteiger partial charge on any atom is -0.508 e. The molecule has 0 amide bonds. The van der Waals surface area contributed by atoms with Crippen LogP contribution in [0.5, 0.6) is 28.7 Å². The Kier molecular flexibility index (Phi) is 3.77. The number of carbonyl (C=O) groups is 2. The zero-order valence-corrected chi connectivity index (χ0v) is 13.0. The van der Waals surface area contributed by atoms with E-state index < -0.39 is 40.1 Å². The van der Waals surface area contributed by atoms with Crippen LogP contribution in [0.2, 0.25) is 0 Å². The van der Waals surface area contributed by atoms with Crippen LogP contribution in [-0.2, 0) is 11.2 Å². The lowest BCUT2D eigenvalue weighted by Gasteiger charge is -2.22. The quantitative estimate of drug-likeness (QED) is 0.445. The van der Waals surface area contributed by atoms with Crippen molar-refractivity contribution in [3.8, 4) is 28.7 Å². The fraction of sp³-hybridized carbons (Fsp3) is 0.176. The molecule has 0 aliphatic heterocycles. The first-order valence-electron chi connectivity index (χ1n) is 7.23. The molecule has 0 bridgehead atoms. The highest BCUT2D eigenvalue weighted by Crippen LogP contribution is 2.46. The van der Waals surface area contributed by atoms with Crippen molar-refractivity contribution in [1.29, 1.82) is 0 Å². The maximum absolute atomic E-state index is 12.7. The molecule has 8 heteroatoms. The number of phenolic OH excluding ortho intramolecular Hbond substituents is 5. The number of rotatable bonds is 3. The minimum atomic E-state index is -0.954. The maximum atomic E-state index is 12.7. The van der Waals surface area contributed by atoms with Gasteiger partial charge >= 0.3 is 0 Å². The van der Waals surface area contributed by atoms with Crippen molar-refractivity contribution >= 4 is 11.6 Å². The van der Waals surface area contributed by atoms with Crippen LogP contribution in [-0.4, -0.2) is 50.8 Å². The fourth-order valence-corrected chi connectivity index (χ4v) is 2.88. The van der Waals surface area contributed by atoms with Gasteiger partial charge in [0.1, 0.15) is 11.5 Å². The van der Waals surface area contributed by atoms with Crippen molar-refractivity contribution < 1.29 is 39.9 Å². The molecule has 2 aromatic carbocycles. The van der Waals surface area contributed by atoms with Crippen LogP contribution >= 0.6 is 0 Å². The molecule has 8 nitrogen and oxygen atoms in total. The number of aromatic hydroxyl groups is 5. The number of carbonyl (C=O) groups excluding carboxylic acids is 2. The van der Waals surface area contributed by atoms with Crippen molar-refractivity contribution in [3.63, 3.8) is 0 Å². The summed E-state index contributed by atoms with van der Waals surface area (Å²) in [7, 11) is 1.42. The first-order chi connectivity index (χ1) is 11.8. The van der Waals surface area contributed by atoms with Crippen LogP contribution in [0.3, 0.4) is 0 Å². The van der Waals surface area contributed by atoms with Crippen molar-refractivity contribution in [2.24, 2.45) is 0 Å². The Balaban J connectivity index is 2.29. The summed E-state index contributed by atoms with van der Waals surface area (Å²) < 4.78 is 4.88. The lowest BCUT2D eigenvalue weighted by Crippen LogP contribution is -2.22. The summed E-state index contributed by atoms with van der Waals surface area (Å²) in [6, 6.07) is 1.89. The summed E-state index contributed by atoms with van der Waals surface area (Å²) in [5.41, 5.74) is -1.49. The van der Waals surface area contributed by atoms with Crippen LogP contribution in [0.25, 0.3) is 0 Å². The molecular weight excluding hydrogens is 332 g/mol. The first kappa shape index (κ1) is 16.6. The van der Waals surface area contributed by atoms with E-state index in [1.807, 2.05) is 0 Å². The highest BCUT2D eigenvalue weighted by molar-refractivity contribution is 6.30. The molecule has 0 aromatic heterocycles. The molecule has 0 saturated carbocycles. The predicted octanol–water partition coefficient (Wildman–Crippen LogP) is 1.18. The lowest BCUT2D eigenvalue weighted by molar-refractivity contribution is 0.0972. The van der Waals surface area contributed by atoms with E-state index in [4.69, 9.17) is 4.74 Å². The largest absolute Gasteiger partial charge is 0.508 e. The molecule has 2 aromatic rings. The summed E-state index contributed by atoms with van der Waals surface area (Å²) >= 11 is 0. The Morgan fingerprint density at radius 1 is 0.800 bits per heavy atom. The standard InChI is InChI=1S/C17H14O8/c1-25-3-2-6-9(18)4-7-11(14(6)21)16(23)12-8(13(7)20)5-10(19)15(22)17(12)24/h4-5,18-19,21-22,24H,2-3H2,1H3. The fourth-order valence-electron chi connectivity index (χ4n) is 2.88. The molecule has 0 fully saturated rings. The lowest BCUT2D eigenvalue weighted by atomic mass is 9.81. The SMILES string of the molecule is COCCc1c(O)cc2c(c1O)C(=O)c1c(cc(O)c(O)c1O)C2=O. The molecule has 25 heavy (non-hydrogen) atoms. The number of ether oxygens (including phenoxy) is 1. The first-order valence-corrected chi connectivity index (χ1v) is 7.23. The molecular formula is C17H14O8. The number of methoxy groups -OCH3 is 1. The highest BCUT2D eigenvalue weighted by atomic mass is 16.5. The minimum absolute atomic E-state index is 0.0210. The highest BCUT2D eigenvalue weighted by Gasteiger charge is 2.38. The van der Waals surface area contributed by atoms with Gasteiger partial charge in [-0.3, -0.25) is 9.59 Å². The van der Waals surface area contributed by atoms with Gasteiger partial charge in [0.25, 0.3) is 0 Å². The molecule has 1 aliphatic carbocycles. The van der Waals surface area contributed by atoms with E-state index in [2.05, 4.69) is 0 Å². The van der Waals surface area contributed by atoms with Gasteiger partial charge in [-0.15, -0.1) is 0 Å². The molecule has 0 unspecified atom stereocenters. The van der Waals surface area contributed by atoms with Gasteiger partial charge in [-0.25, -0.2) is 0 Å². The maximum Gasteiger partial charge on any atom is 0.202 e. The van der Waals surface area contributed by atoms with Crippen molar-refractivity contribution in [2.75, 3.05) is 13.7 Å². The number of ketones is 2. The van der Waals surface area contributed by atoms with E-state index in [-0.39, 0.29) is 41.0 Å². The number of benzene rings is 2. The number of hydrogen-bond donors (Lipinski definition) is 5. The number of fused-ring (bicyclic) bond motifs is 2. The van der Waals surface area contributed by atoms with Crippen LogP contribution in [0, 0.1) is 0 Å². The third-order valence-corrected chi connectivity index (χ3v) is 4.14. The van der Waals surface area contributed by atoms with Gasteiger partial charge in [-0.2, -0.15) is 0 Å². The molecule has 130 valence electrons. The van der Waals surface area contributed by atoms with Crippen LogP contribution in [0.4, 0.5) is 0 Å².